The zero-order valence-corrected chi connectivity index (χ0v) is 23.5. The average Bonchev–Trinajstić information content (AvgIpc) is 3.47. The average molecular weight is 588 g/mol. The van der Waals surface area contributed by atoms with Gasteiger partial charge in [0, 0.05) is 36.6 Å². The second kappa shape index (κ2) is 9.96. The minimum atomic E-state index is -1.01. The molecule has 1 saturated carbocycles. The molecule has 0 spiro atoms. The minimum absolute atomic E-state index is 0.0254. The number of ether oxygens (including phenoxy) is 2. The van der Waals surface area contributed by atoms with Crippen molar-refractivity contribution in [3.05, 3.63) is 80.7 Å². The van der Waals surface area contributed by atoms with E-state index < -0.39 is 17.2 Å². The summed E-state index contributed by atoms with van der Waals surface area (Å²) in [5.41, 5.74) is 7.20. The summed E-state index contributed by atoms with van der Waals surface area (Å²) in [5.74, 6) is -1.29. The standard InChI is InChI=1S/C27H24ClF2N5O2S2/c1-26(20-9-27(20,13-36-2)39-25(31)35-26)17-5-14(6-18(29)23(17)30)7-19-24-15(3-4-32-19)8-16(10-34-24)37-12-22-33-11-21(28)38-22/h3-6,8,10-11,20H,7,9,12-13H2,1-2H3,(H2,31,35)/t20-,26+,27+/m0/s1. The highest BCUT2D eigenvalue weighted by Crippen LogP contribution is 2.66. The molecule has 2 aliphatic rings. The van der Waals surface area contributed by atoms with Crippen LogP contribution >= 0.6 is 34.7 Å². The number of aromatic nitrogens is 3. The van der Waals surface area contributed by atoms with Crippen molar-refractivity contribution in [2.45, 2.75) is 36.7 Å². The predicted molar refractivity (Wildman–Crippen MR) is 149 cm³/mol. The molecule has 4 aromatic rings. The van der Waals surface area contributed by atoms with Crippen molar-refractivity contribution in [3.63, 3.8) is 0 Å². The molecule has 0 bridgehead atoms. The number of pyridine rings is 2. The first-order chi connectivity index (χ1) is 18.7. The van der Waals surface area contributed by atoms with Crippen molar-refractivity contribution >= 4 is 50.8 Å². The molecule has 2 N–H and O–H groups in total. The van der Waals surface area contributed by atoms with Gasteiger partial charge in [0.05, 0.1) is 40.5 Å². The van der Waals surface area contributed by atoms with Gasteiger partial charge in [0.2, 0.25) is 0 Å². The van der Waals surface area contributed by atoms with E-state index in [1.54, 1.807) is 31.8 Å². The third-order valence-corrected chi connectivity index (χ3v) is 9.65. The molecule has 12 heteroatoms. The fourth-order valence-electron chi connectivity index (χ4n) is 5.44. The number of thioether (sulfide) groups is 1. The van der Waals surface area contributed by atoms with Crippen molar-refractivity contribution in [2.75, 3.05) is 13.7 Å². The number of hydrogen-bond acceptors (Lipinski definition) is 9. The first-order valence-corrected chi connectivity index (χ1v) is 14.2. The lowest BCUT2D eigenvalue weighted by molar-refractivity contribution is 0.184. The Bertz CT molecular complexity index is 1620. The summed E-state index contributed by atoms with van der Waals surface area (Å²) in [6, 6.07) is 6.58. The van der Waals surface area contributed by atoms with Crippen LogP contribution in [-0.4, -0.2) is 38.6 Å². The van der Waals surface area contributed by atoms with Crippen molar-refractivity contribution in [2.24, 2.45) is 16.6 Å². The van der Waals surface area contributed by atoms with Gasteiger partial charge in [-0.15, -0.1) is 11.3 Å². The van der Waals surface area contributed by atoms with Crippen LogP contribution in [0.15, 0.2) is 47.8 Å². The Kier molecular flexibility index (Phi) is 6.73. The van der Waals surface area contributed by atoms with Crippen LogP contribution in [0.2, 0.25) is 4.34 Å². The summed E-state index contributed by atoms with van der Waals surface area (Å²) in [5, 5.41) is 1.92. The van der Waals surface area contributed by atoms with Crippen LogP contribution in [-0.2, 0) is 23.3 Å². The van der Waals surface area contributed by atoms with E-state index in [1.165, 1.54) is 29.2 Å². The highest BCUT2D eigenvalue weighted by atomic mass is 35.5. The first-order valence-electron chi connectivity index (χ1n) is 12.2. The molecule has 0 unspecified atom stereocenters. The molecule has 3 aromatic heterocycles. The molecular formula is C27H24ClF2N5O2S2. The van der Waals surface area contributed by atoms with Crippen molar-refractivity contribution in [3.8, 4) is 5.75 Å². The number of fused-ring (bicyclic) bond motifs is 2. The maximum atomic E-state index is 15.3. The van der Waals surface area contributed by atoms with E-state index in [-0.39, 0.29) is 29.3 Å². The molecule has 0 amide bonds. The zero-order valence-electron chi connectivity index (χ0n) is 21.1. The van der Waals surface area contributed by atoms with E-state index in [9.17, 15) is 4.39 Å². The Morgan fingerprint density at radius 2 is 2.03 bits per heavy atom. The fraction of sp³-hybridized carbons (Fsp3) is 0.333. The second-order valence-electron chi connectivity index (χ2n) is 9.92. The molecule has 1 fully saturated rings. The SMILES string of the molecule is COC[C@]12C[C@H]1[C@@](C)(c1cc(Cc3nccc4cc(OCc5ncc(Cl)s5)cnc34)cc(F)c1F)N=C(N)S2. The predicted octanol–water partition coefficient (Wildman–Crippen LogP) is 5.87. The minimum Gasteiger partial charge on any atom is -0.485 e. The van der Waals surface area contributed by atoms with E-state index in [0.29, 0.717) is 38.6 Å². The van der Waals surface area contributed by atoms with Gasteiger partial charge in [0.25, 0.3) is 0 Å². The lowest BCUT2D eigenvalue weighted by Gasteiger charge is -2.34. The molecule has 1 aliphatic heterocycles. The van der Waals surface area contributed by atoms with Gasteiger partial charge in [0.1, 0.15) is 21.7 Å². The van der Waals surface area contributed by atoms with Gasteiger partial charge < -0.3 is 15.2 Å². The third kappa shape index (κ3) is 4.86. The lowest BCUT2D eigenvalue weighted by Crippen LogP contribution is -2.38. The van der Waals surface area contributed by atoms with Crippen LogP contribution in [0.1, 0.15) is 35.2 Å². The fourth-order valence-corrected chi connectivity index (χ4v) is 7.76. The van der Waals surface area contributed by atoms with E-state index in [4.69, 9.17) is 26.8 Å². The number of halogens is 3. The summed E-state index contributed by atoms with van der Waals surface area (Å²) in [6.07, 6.45) is 5.87. The van der Waals surface area contributed by atoms with Gasteiger partial charge in [-0.1, -0.05) is 23.4 Å². The number of nitrogens with zero attached hydrogens (tertiary/aromatic N) is 4. The molecular weight excluding hydrogens is 564 g/mol. The Balaban J connectivity index is 1.30. The molecule has 0 radical (unpaired) electrons. The topological polar surface area (TPSA) is 95.5 Å². The molecule has 39 heavy (non-hydrogen) atoms. The van der Waals surface area contributed by atoms with Crippen molar-refractivity contribution in [1.29, 1.82) is 0 Å². The van der Waals surface area contributed by atoms with Crippen LogP contribution in [0.25, 0.3) is 10.9 Å². The largest absolute Gasteiger partial charge is 0.485 e. The summed E-state index contributed by atoms with van der Waals surface area (Å²) in [6.45, 7) is 2.56. The Morgan fingerprint density at radius 1 is 1.18 bits per heavy atom. The number of benzene rings is 1. The van der Waals surface area contributed by atoms with Gasteiger partial charge in [-0.2, -0.15) is 0 Å². The number of methoxy groups -OCH3 is 1. The number of amidine groups is 1. The first kappa shape index (κ1) is 26.4. The van der Waals surface area contributed by atoms with Crippen molar-refractivity contribution < 1.29 is 18.3 Å². The maximum Gasteiger partial charge on any atom is 0.164 e. The lowest BCUT2D eigenvalue weighted by atomic mass is 9.84. The summed E-state index contributed by atoms with van der Waals surface area (Å²) < 4.78 is 41.9. The number of aliphatic imine (C=N–C) groups is 1. The van der Waals surface area contributed by atoms with Gasteiger partial charge in [-0.05, 0) is 43.2 Å². The Labute approximate surface area is 236 Å². The van der Waals surface area contributed by atoms with Crippen LogP contribution in [0.3, 0.4) is 0 Å². The number of rotatable bonds is 8. The summed E-state index contributed by atoms with van der Waals surface area (Å²) in [4.78, 5) is 17.9. The van der Waals surface area contributed by atoms with Gasteiger partial charge in [-0.25, -0.2) is 13.8 Å². The quantitative estimate of drug-likeness (QED) is 0.275. The normalized spacial score (nSPS) is 23.9. The Hall–Kier alpha value is -2.86. The van der Waals surface area contributed by atoms with Crippen molar-refractivity contribution in [1.82, 2.24) is 15.0 Å². The molecule has 1 aliphatic carbocycles. The molecule has 3 atom stereocenters. The van der Waals surface area contributed by atoms with Crippen LogP contribution in [0, 0.1) is 17.6 Å². The van der Waals surface area contributed by atoms with Gasteiger partial charge in [0.15, 0.2) is 16.8 Å². The number of nitrogens with two attached hydrogens (primary N) is 1. The number of thiazole rings is 1. The van der Waals surface area contributed by atoms with Crippen LogP contribution in [0.5, 0.6) is 5.75 Å². The maximum absolute atomic E-state index is 15.3. The zero-order chi connectivity index (χ0) is 27.4. The van der Waals surface area contributed by atoms with Crippen LogP contribution in [0.4, 0.5) is 8.78 Å². The highest BCUT2D eigenvalue weighted by Gasteiger charge is 2.66. The Morgan fingerprint density at radius 3 is 2.79 bits per heavy atom. The highest BCUT2D eigenvalue weighted by molar-refractivity contribution is 8.15. The monoisotopic (exact) mass is 587 g/mol. The molecule has 6 rings (SSSR count). The molecule has 4 heterocycles. The molecule has 7 nitrogen and oxygen atoms in total. The summed E-state index contributed by atoms with van der Waals surface area (Å²) in [7, 11) is 1.63. The van der Waals surface area contributed by atoms with E-state index in [1.807, 2.05) is 19.1 Å². The second-order valence-corrected chi connectivity index (χ2v) is 13.1. The molecule has 0 saturated heterocycles. The molecule has 1 aromatic carbocycles. The number of hydrogen-bond donors (Lipinski definition) is 1. The van der Waals surface area contributed by atoms with Crippen LogP contribution < -0.4 is 10.5 Å². The van der Waals surface area contributed by atoms with E-state index in [2.05, 4.69) is 19.9 Å². The van der Waals surface area contributed by atoms with Gasteiger partial charge in [-0.3, -0.25) is 15.0 Å². The van der Waals surface area contributed by atoms with E-state index in [0.717, 1.165) is 16.8 Å². The van der Waals surface area contributed by atoms with E-state index >= 15 is 4.39 Å². The van der Waals surface area contributed by atoms with Gasteiger partial charge >= 0.3 is 0 Å². The smallest absolute Gasteiger partial charge is 0.164 e. The molecule has 202 valence electrons. The summed E-state index contributed by atoms with van der Waals surface area (Å²) >= 11 is 8.75. The third-order valence-electron chi connectivity index (χ3n) is 7.28.